The number of nitrogens with zero attached hydrogens (tertiary/aromatic N) is 6. The Labute approximate surface area is 155 Å². The number of hydrogen-bond acceptors (Lipinski definition) is 6. The van der Waals surface area contributed by atoms with Crippen LogP contribution < -0.4 is 0 Å². The molecule has 1 atom stereocenters. The molecule has 0 aromatic carbocycles. The molecule has 1 saturated heterocycles. The maximum absolute atomic E-state index is 12.9. The zero-order chi connectivity index (χ0) is 18.4. The number of rotatable bonds is 2. The molecule has 1 unspecified atom stereocenters. The molecule has 5 heterocycles. The van der Waals surface area contributed by atoms with Crippen LogP contribution in [-0.2, 0) is 17.9 Å². The summed E-state index contributed by atoms with van der Waals surface area (Å²) in [7, 11) is 0. The zero-order valence-electron chi connectivity index (χ0n) is 14.9. The maximum atomic E-state index is 12.9. The van der Waals surface area contributed by atoms with E-state index in [1.54, 1.807) is 12.3 Å². The van der Waals surface area contributed by atoms with Gasteiger partial charge < -0.3 is 14.2 Å². The van der Waals surface area contributed by atoms with Crippen LogP contribution in [0.5, 0.6) is 0 Å². The highest BCUT2D eigenvalue weighted by Gasteiger charge is 2.44. The van der Waals surface area contributed by atoms with E-state index in [0.717, 1.165) is 23.8 Å². The zero-order valence-corrected chi connectivity index (χ0v) is 14.9. The summed E-state index contributed by atoms with van der Waals surface area (Å²) in [5, 5.41) is 15.3. The summed E-state index contributed by atoms with van der Waals surface area (Å²) >= 11 is 0. The van der Waals surface area contributed by atoms with E-state index < -0.39 is 0 Å². The van der Waals surface area contributed by atoms with Crippen molar-refractivity contribution in [2.24, 2.45) is 0 Å². The van der Waals surface area contributed by atoms with Gasteiger partial charge in [0.25, 0.3) is 5.91 Å². The van der Waals surface area contributed by atoms with Crippen LogP contribution >= 0.6 is 0 Å². The Kier molecular flexibility index (Phi) is 3.57. The fourth-order valence-electron chi connectivity index (χ4n) is 3.80. The van der Waals surface area contributed by atoms with E-state index in [2.05, 4.69) is 29.9 Å². The third-order valence-corrected chi connectivity index (χ3v) is 5.31. The van der Waals surface area contributed by atoms with Gasteiger partial charge in [0.05, 0.1) is 18.8 Å². The Hall–Kier alpha value is -3.07. The van der Waals surface area contributed by atoms with Crippen molar-refractivity contribution in [3.05, 3.63) is 47.8 Å². The largest absolute Gasteiger partial charge is 0.363 e. The van der Waals surface area contributed by atoms with Gasteiger partial charge in [-0.3, -0.25) is 14.9 Å². The fourth-order valence-corrected chi connectivity index (χ4v) is 3.80. The summed E-state index contributed by atoms with van der Waals surface area (Å²) in [6.45, 7) is 4.23. The van der Waals surface area contributed by atoms with Crippen LogP contribution in [0.1, 0.15) is 28.6 Å². The minimum absolute atomic E-state index is 0.0727. The van der Waals surface area contributed by atoms with Crippen molar-refractivity contribution in [1.29, 1.82) is 0 Å². The van der Waals surface area contributed by atoms with E-state index in [0.29, 0.717) is 37.6 Å². The first-order chi connectivity index (χ1) is 13.1. The van der Waals surface area contributed by atoms with E-state index in [1.807, 2.05) is 30.0 Å². The molecule has 1 N–H and O–H groups in total. The van der Waals surface area contributed by atoms with E-state index >= 15 is 0 Å². The molecule has 9 heteroatoms. The lowest BCUT2D eigenvalue weighted by Gasteiger charge is -2.34. The number of aryl methyl sites for hydroxylation is 1. The number of aromatic amines is 1. The number of ether oxygens (including phenoxy) is 1. The summed E-state index contributed by atoms with van der Waals surface area (Å²) in [6, 6.07) is 7.35. The van der Waals surface area contributed by atoms with Gasteiger partial charge in [-0.15, -0.1) is 10.2 Å². The normalized spacial score (nSPS) is 21.6. The highest BCUT2D eigenvalue weighted by molar-refractivity contribution is 5.93. The topological polar surface area (TPSA) is 102 Å². The minimum atomic E-state index is -0.375. The summed E-state index contributed by atoms with van der Waals surface area (Å²) in [4.78, 5) is 19.0. The number of likely N-dealkylation sites (tertiary alicyclic amines) is 1. The molecule has 9 nitrogen and oxygen atoms in total. The average molecular weight is 365 g/mol. The number of hydrogen-bond donors (Lipinski definition) is 1. The van der Waals surface area contributed by atoms with Crippen LogP contribution in [0.15, 0.2) is 30.5 Å². The van der Waals surface area contributed by atoms with Crippen molar-refractivity contribution in [2.75, 3.05) is 13.1 Å². The second-order valence-electron chi connectivity index (χ2n) is 7.08. The second-order valence-corrected chi connectivity index (χ2v) is 7.08. The molecule has 0 saturated carbocycles. The molecule has 2 aliphatic heterocycles. The van der Waals surface area contributed by atoms with Crippen LogP contribution in [-0.4, -0.2) is 59.4 Å². The molecule has 2 aliphatic rings. The number of amides is 1. The van der Waals surface area contributed by atoms with Gasteiger partial charge in [0.2, 0.25) is 0 Å². The Morgan fingerprint density at radius 3 is 3.04 bits per heavy atom. The van der Waals surface area contributed by atoms with Crippen LogP contribution in [0, 0.1) is 6.92 Å². The average Bonchev–Trinajstić information content (AvgIpc) is 3.42. The highest BCUT2D eigenvalue weighted by atomic mass is 16.5. The molecule has 0 bridgehead atoms. The van der Waals surface area contributed by atoms with Gasteiger partial charge in [0.15, 0.2) is 5.82 Å². The number of fused-ring (bicyclic) bond motifs is 1. The van der Waals surface area contributed by atoms with Crippen molar-refractivity contribution in [3.8, 4) is 11.4 Å². The SMILES string of the molecule is Cc1nnc2n1CC1(CCN(C(=O)c3cc(-c4ccccn4)n[nH]3)C1)OC2. The quantitative estimate of drug-likeness (QED) is 0.732. The van der Waals surface area contributed by atoms with Crippen molar-refractivity contribution in [1.82, 2.24) is 34.8 Å². The van der Waals surface area contributed by atoms with Crippen LogP contribution in [0.4, 0.5) is 0 Å². The van der Waals surface area contributed by atoms with Gasteiger partial charge in [-0.2, -0.15) is 5.10 Å². The standard InChI is InChI=1S/C18H19N7O2/c1-12-20-23-16-9-27-18(11-25(12)16)5-7-24(10-18)17(26)15-8-14(21-22-15)13-4-2-3-6-19-13/h2-4,6,8H,5,7,9-11H2,1H3,(H,21,22). The first-order valence-corrected chi connectivity index (χ1v) is 8.92. The molecule has 3 aromatic rings. The molecule has 5 rings (SSSR count). The molecule has 138 valence electrons. The van der Waals surface area contributed by atoms with Gasteiger partial charge >= 0.3 is 0 Å². The van der Waals surface area contributed by atoms with Crippen LogP contribution in [0.3, 0.4) is 0 Å². The minimum Gasteiger partial charge on any atom is -0.363 e. The number of pyridine rings is 1. The summed E-state index contributed by atoms with van der Waals surface area (Å²) < 4.78 is 8.19. The predicted octanol–water partition coefficient (Wildman–Crippen LogP) is 1.19. The van der Waals surface area contributed by atoms with Gasteiger partial charge in [-0.25, -0.2) is 0 Å². The summed E-state index contributed by atoms with van der Waals surface area (Å²) in [5.41, 5.74) is 1.48. The molecule has 3 aromatic heterocycles. The number of H-pyrrole nitrogens is 1. The van der Waals surface area contributed by atoms with Crippen LogP contribution in [0.25, 0.3) is 11.4 Å². The molecular formula is C18H19N7O2. The molecule has 0 radical (unpaired) electrons. The maximum Gasteiger partial charge on any atom is 0.271 e. The van der Waals surface area contributed by atoms with Gasteiger partial charge in [0, 0.05) is 12.7 Å². The lowest BCUT2D eigenvalue weighted by molar-refractivity contribution is -0.0813. The number of carbonyl (C=O) groups excluding carboxylic acids is 1. The Bertz CT molecular complexity index is 996. The van der Waals surface area contributed by atoms with Crippen molar-refractivity contribution >= 4 is 5.91 Å². The first-order valence-electron chi connectivity index (χ1n) is 8.92. The Balaban J connectivity index is 1.33. The van der Waals surface area contributed by atoms with E-state index in [4.69, 9.17) is 4.74 Å². The van der Waals surface area contributed by atoms with E-state index in [1.165, 1.54) is 0 Å². The van der Waals surface area contributed by atoms with E-state index in [-0.39, 0.29) is 11.5 Å². The van der Waals surface area contributed by atoms with Crippen LogP contribution in [0.2, 0.25) is 0 Å². The monoisotopic (exact) mass is 365 g/mol. The lowest BCUT2D eigenvalue weighted by Crippen LogP contribution is -2.45. The predicted molar refractivity (Wildman–Crippen MR) is 94.6 cm³/mol. The molecule has 1 spiro atoms. The van der Waals surface area contributed by atoms with Gasteiger partial charge in [-0.05, 0) is 31.5 Å². The lowest BCUT2D eigenvalue weighted by atomic mass is 10.0. The van der Waals surface area contributed by atoms with Crippen molar-refractivity contribution in [3.63, 3.8) is 0 Å². The fraction of sp³-hybridized carbons (Fsp3) is 0.389. The van der Waals surface area contributed by atoms with Gasteiger partial charge in [-0.1, -0.05) is 6.07 Å². The third-order valence-electron chi connectivity index (χ3n) is 5.31. The van der Waals surface area contributed by atoms with Crippen molar-refractivity contribution in [2.45, 2.75) is 32.1 Å². The molecular weight excluding hydrogens is 346 g/mol. The Morgan fingerprint density at radius 1 is 1.26 bits per heavy atom. The van der Waals surface area contributed by atoms with E-state index in [9.17, 15) is 4.79 Å². The third kappa shape index (κ3) is 2.71. The summed E-state index contributed by atoms with van der Waals surface area (Å²) in [5.74, 6) is 1.65. The van der Waals surface area contributed by atoms with Crippen molar-refractivity contribution < 1.29 is 9.53 Å². The first kappa shape index (κ1) is 16.1. The Morgan fingerprint density at radius 2 is 2.19 bits per heavy atom. The van der Waals surface area contributed by atoms with Gasteiger partial charge in [0.1, 0.15) is 29.4 Å². The highest BCUT2D eigenvalue weighted by Crippen LogP contribution is 2.33. The molecule has 27 heavy (non-hydrogen) atoms. The molecule has 0 aliphatic carbocycles. The smallest absolute Gasteiger partial charge is 0.271 e. The number of nitrogens with one attached hydrogen (secondary N) is 1. The molecule has 1 fully saturated rings. The second kappa shape index (κ2) is 5.98. The number of aromatic nitrogens is 6. The summed E-state index contributed by atoms with van der Waals surface area (Å²) in [6.07, 6.45) is 2.49. The molecule has 1 amide bonds. The number of carbonyl (C=O) groups is 1.